The van der Waals surface area contributed by atoms with Crippen LogP contribution in [0.25, 0.3) is 0 Å². The molecule has 1 aromatic rings. The normalized spacial score (nSPS) is 9.18. The average Bonchev–Trinajstić information content (AvgIpc) is 1.93. The molecule has 4 heteroatoms. The van der Waals surface area contributed by atoms with Crippen LogP contribution in [0.1, 0.15) is 5.56 Å². The van der Waals surface area contributed by atoms with Crippen LogP contribution in [0.5, 0.6) is 0 Å². The Hall–Kier alpha value is -1.58. The second kappa shape index (κ2) is 3.01. The molecule has 4 nitrogen and oxygen atoms in total. The second-order valence-corrected chi connectivity index (χ2v) is 2.16. The predicted molar refractivity (Wildman–Crippen MR) is 42.2 cm³/mol. The van der Waals surface area contributed by atoms with Crippen LogP contribution < -0.4 is 11.1 Å². The number of rotatable bonds is 1. The first kappa shape index (κ1) is 7.53. The zero-order chi connectivity index (χ0) is 8.27. The van der Waals surface area contributed by atoms with Crippen molar-refractivity contribution in [2.75, 3.05) is 5.32 Å². The maximum absolute atomic E-state index is 10.4. The number of anilines is 1. The number of carbonyl (C=O) groups is 1. The van der Waals surface area contributed by atoms with Crippen molar-refractivity contribution in [1.29, 1.82) is 0 Å². The fourth-order valence-electron chi connectivity index (χ4n) is 0.733. The van der Waals surface area contributed by atoms with Crippen LogP contribution in [0.3, 0.4) is 0 Å². The number of hydrogen-bond donors (Lipinski definition) is 2. The zero-order valence-electron chi connectivity index (χ0n) is 6.16. The summed E-state index contributed by atoms with van der Waals surface area (Å²) < 4.78 is 0. The number of primary amides is 1. The molecular weight excluding hydrogens is 142 g/mol. The van der Waals surface area contributed by atoms with Crippen molar-refractivity contribution in [3.63, 3.8) is 0 Å². The molecule has 1 heterocycles. The molecule has 2 amide bonds. The maximum Gasteiger partial charge on any atom is 0.317 e. The van der Waals surface area contributed by atoms with Gasteiger partial charge in [0.05, 0.1) is 0 Å². The minimum atomic E-state index is -0.591. The van der Waals surface area contributed by atoms with E-state index in [0.29, 0.717) is 5.82 Å². The summed E-state index contributed by atoms with van der Waals surface area (Å²) in [7, 11) is 0. The van der Waals surface area contributed by atoms with Crippen LogP contribution in [0.15, 0.2) is 18.3 Å². The Balaban J connectivity index is 2.86. The highest BCUT2D eigenvalue weighted by molar-refractivity contribution is 5.87. The van der Waals surface area contributed by atoms with E-state index in [1.807, 2.05) is 13.0 Å². The molecule has 3 N–H and O–H groups in total. The molecule has 0 aromatic carbocycles. The van der Waals surface area contributed by atoms with Gasteiger partial charge >= 0.3 is 6.03 Å². The first-order valence-electron chi connectivity index (χ1n) is 3.18. The zero-order valence-corrected chi connectivity index (χ0v) is 6.16. The van der Waals surface area contributed by atoms with Crippen molar-refractivity contribution in [3.8, 4) is 0 Å². The molecule has 0 bridgehead atoms. The van der Waals surface area contributed by atoms with E-state index >= 15 is 0 Å². The lowest BCUT2D eigenvalue weighted by atomic mass is 10.3. The molecule has 0 spiro atoms. The third kappa shape index (κ3) is 1.93. The largest absolute Gasteiger partial charge is 0.351 e. The SMILES string of the molecule is Cc1cccnc1NC(N)=O. The summed E-state index contributed by atoms with van der Waals surface area (Å²) >= 11 is 0. The van der Waals surface area contributed by atoms with Gasteiger partial charge in [0.25, 0.3) is 0 Å². The van der Waals surface area contributed by atoms with Gasteiger partial charge in [-0.15, -0.1) is 0 Å². The number of nitrogens with one attached hydrogen (secondary N) is 1. The van der Waals surface area contributed by atoms with Gasteiger partial charge in [-0.1, -0.05) is 6.07 Å². The highest BCUT2D eigenvalue weighted by Gasteiger charge is 1.98. The standard InChI is InChI=1S/C7H9N3O/c1-5-3-2-4-9-6(5)10-7(8)11/h2-4H,1H3,(H3,8,9,10,11). The van der Waals surface area contributed by atoms with Crippen molar-refractivity contribution < 1.29 is 4.79 Å². The Bertz CT molecular complexity index is 272. The number of amides is 2. The summed E-state index contributed by atoms with van der Waals surface area (Å²) in [6.07, 6.45) is 1.60. The lowest BCUT2D eigenvalue weighted by Gasteiger charge is -2.02. The van der Waals surface area contributed by atoms with Crippen LogP contribution >= 0.6 is 0 Å². The highest BCUT2D eigenvalue weighted by Crippen LogP contribution is 2.07. The summed E-state index contributed by atoms with van der Waals surface area (Å²) in [5.74, 6) is 0.514. The molecule has 0 saturated carbocycles. The molecule has 1 rings (SSSR count). The molecule has 0 unspecified atom stereocenters. The van der Waals surface area contributed by atoms with Gasteiger partial charge in [-0.3, -0.25) is 5.32 Å². The lowest BCUT2D eigenvalue weighted by molar-refractivity contribution is 0.259. The number of urea groups is 1. The fraction of sp³-hybridized carbons (Fsp3) is 0.143. The summed E-state index contributed by atoms with van der Waals surface area (Å²) in [5.41, 5.74) is 5.80. The van der Waals surface area contributed by atoms with Gasteiger partial charge in [0.15, 0.2) is 0 Å². The number of nitrogens with zero attached hydrogens (tertiary/aromatic N) is 1. The molecule has 0 atom stereocenters. The summed E-state index contributed by atoms with van der Waals surface area (Å²) in [6, 6.07) is 3.05. The average molecular weight is 151 g/mol. The number of aryl methyl sites for hydroxylation is 1. The van der Waals surface area contributed by atoms with E-state index in [9.17, 15) is 4.79 Å². The van der Waals surface area contributed by atoms with E-state index in [4.69, 9.17) is 5.73 Å². The van der Waals surface area contributed by atoms with Gasteiger partial charge < -0.3 is 5.73 Å². The number of aromatic nitrogens is 1. The number of hydrogen-bond acceptors (Lipinski definition) is 2. The lowest BCUT2D eigenvalue weighted by Crippen LogP contribution is -2.20. The predicted octanol–water partition coefficient (Wildman–Crippen LogP) is 0.881. The molecule has 0 aliphatic rings. The van der Waals surface area contributed by atoms with Crippen LogP contribution in [0.2, 0.25) is 0 Å². The maximum atomic E-state index is 10.4. The Morgan fingerprint density at radius 2 is 2.45 bits per heavy atom. The number of nitrogens with two attached hydrogens (primary N) is 1. The van der Waals surface area contributed by atoms with Crippen molar-refractivity contribution >= 4 is 11.8 Å². The minimum Gasteiger partial charge on any atom is -0.351 e. The van der Waals surface area contributed by atoms with Gasteiger partial charge in [0.2, 0.25) is 0 Å². The monoisotopic (exact) mass is 151 g/mol. The van der Waals surface area contributed by atoms with Gasteiger partial charge in [-0.05, 0) is 18.6 Å². The van der Waals surface area contributed by atoms with Crippen molar-refractivity contribution in [2.24, 2.45) is 5.73 Å². The Kier molecular flexibility index (Phi) is 2.06. The van der Waals surface area contributed by atoms with Crippen LogP contribution in [0, 0.1) is 6.92 Å². The van der Waals surface area contributed by atoms with Crippen molar-refractivity contribution in [1.82, 2.24) is 4.98 Å². The molecule has 0 radical (unpaired) electrons. The summed E-state index contributed by atoms with van der Waals surface area (Å²) in [6.45, 7) is 1.85. The van der Waals surface area contributed by atoms with Crippen LogP contribution in [-0.4, -0.2) is 11.0 Å². The number of pyridine rings is 1. The van der Waals surface area contributed by atoms with E-state index in [2.05, 4.69) is 10.3 Å². The van der Waals surface area contributed by atoms with Gasteiger partial charge in [0.1, 0.15) is 5.82 Å². The van der Waals surface area contributed by atoms with Crippen molar-refractivity contribution in [2.45, 2.75) is 6.92 Å². The minimum absolute atomic E-state index is 0.514. The summed E-state index contributed by atoms with van der Waals surface area (Å²) in [4.78, 5) is 14.3. The molecule has 0 aliphatic heterocycles. The van der Waals surface area contributed by atoms with Crippen LogP contribution in [-0.2, 0) is 0 Å². The Labute approximate surface area is 64.4 Å². The Morgan fingerprint density at radius 1 is 1.73 bits per heavy atom. The van der Waals surface area contributed by atoms with Crippen LogP contribution in [0.4, 0.5) is 10.6 Å². The first-order chi connectivity index (χ1) is 5.20. The Morgan fingerprint density at radius 3 is 3.00 bits per heavy atom. The van der Waals surface area contributed by atoms with E-state index in [-0.39, 0.29) is 0 Å². The quantitative estimate of drug-likeness (QED) is 0.625. The fourth-order valence-corrected chi connectivity index (χ4v) is 0.733. The second-order valence-electron chi connectivity index (χ2n) is 2.16. The molecule has 0 saturated heterocycles. The molecule has 0 aliphatic carbocycles. The molecular formula is C7H9N3O. The summed E-state index contributed by atoms with van der Waals surface area (Å²) in [5, 5.41) is 2.40. The topological polar surface area (TPSA) is 68.0 Å². The van der Waals surface area contributed by atoms with Gasteiger partial charge in [0, 0.05) is 6.20 Å². The van der Waals surface area contributed by atoms with Gasteiger partial charge in [-0.2, -0.15) is 0 Å². The van der Waals surface area contributed by atoms with E-state index < -0.39 is 6.03 Å². The van der Waals surface area contributed by atoms with Crippen molar-refractivity contribution in [3.05, 3.63) is 23.9 Å². The van der Waals surface area contributed by atoms with E-state index in [0.717, 1.165) is 5.56 Å². The number of carbonyl (C=O) groups excluding carboxylic acids is 1. The molecule has 1 aromatic heterocycles. The third-order valence-electron chi connectivity index (χ3n) is 1.25. The third-order valence-corrected chi connectivity index (χ3v) is 1.25. The highest BCUT2D eigenvalue weighted by atomic mass is 16.2. The van der Waals surface area contributed by atoms with E-state index in [1.165, 1.54) is 0 Å². The first-order valence-corrected chi connectivity index (χ1v) is 3.18. The molecule has 58 valence electrons. The van der Waals surface area contributed by atoms with E-state index in [1.54, 1.807) is 12.3 Å². The van der Waals surface area contributed by atoms with Gasteiger partial charge in [-0.25, -0.2) is 9.78 Å². The smallest absolute Gasteiger partial charge is 0.317 e. The molecule has 11 heavy (non-hydrogen) atoms. The molecule has 0 fully saturated rings.